The van der Waals surface area contributed by atoms with Gasteiger partial charge in [0.15, 0.2) is 0 Å². The number of morpholine rings is 1. The van der Waals surface area contributed by atoms with E-state index in [0.717, 1.165) is 37.7 Å². The van der Waals surface area contributed by atoms with Crippen molar-refractivity contribution in [1.82, 2.24) is 10.3 Å². The minimum absolute atomic E-state index is 0.116. The summed E-state index contributed by atoms with van der Waals surface area (Å²) in [7, 11) is 0. The summed E-state index contributed by atoms with van der Waals surface area (Å²) in [6.07, 6.45) is 1.77. The number of pyridine rings is 1. The zero-order valence-corrected chi connectivity index (χ0v) is 12.9. The van der Waals surface area contributed by atoms with Crippen molar-refractivity contribution in [3.05, 3.63) is 53.7 Å². The molecule has 120 valence electrons. The molecule has 0 spiro atoms. The van der Waals surface area contributed by atoms with Crippen molar-refractivity contribution in [3.8, 4) is 0 Å². The van der Waals surface area contributed by atoms with Crippen LogP contribution in [0.5, 0.6) is 0 Å². The van der Waals surface area contributed by atoms with Crippen LogP contribution in [0.1, 0.15) is 15.9 Å². The molecule has 0 unspecified atom stereocenters. The van der Waals surface area contributed by atoms with E-state index >= 15 is 0 Å². The molecule has 0 saturated carbocycles. The summed E-state index contributed by atoms with van der Waals surface area (Å²) >= 11 is 0. The molecule has 3 rings (SSSR count). The van der Waals surface area contributed by atoms with Gasteiger partial charge in [-0.25, -0.2) is 4.98 Å². The van der Waals surface area contributed by atoms with Crippen molar-refractivity contribution >= 4 is 17.4 Å². The largest absolute Gasteiger partial charge is 0.399 e. The topological polar surface area (TPSA) is 80.5 Å². The minimum atomic E-state index is -0.116. The van der Waals surface area contributed by atoms with Crippen molar-refractivity contribution in [1.29, 1.82) is 0 Å². The Hall–Kier alpha value is -2.60. The molecule has 2 heterocycles. The maximum absolute atomic E-state index is 12.1. The highest BCUT2D eigenvalue weighted by Crippen LogP contribution is 2.14. The first-order valence-corrected chi connectivity index (χ1v) is 7.64. The molecule has 1 aliphatic rings. The van der Waals surface area contributed by atoms with Gasteiger partial charge in [0.1, 0.15) is 5.82 Å². The summed E-state index contributed by atoms with van der Waals surface area (Å²) in [6.45, 7) is 3.59. The SMILES string of the molecule is Nc1ccc(C(=O)NCc2ccnc(N3CCOCC3)c2)cc1. The monoisotopic (exact) mass is 312 g/mol. The van der Waals surface area contributed by atoms with E-state index < -0.39 is 0 Å². The Morgan fingerprint density at radius 2 is 1.96 bits per heavy atom. The molecular weight excluding hydrogens is 292 g/mol. The van der Waals surface area contributed by atoms with Crippen molar-refractivity contribution in [3.63, 3.8) is 0 Å². The van der Waals surface area contributed by atoms with E-state index in [2.05, 4.69) is 15.2 Å². The first kappa shape index (κ1) is 15.3. The summed E-state index contributed by atoms with van der Waals surface area (Å²) in [5, 5.41) is 2.91. The average Bonchev–Trinajstić information content (AvgIpc) is 2.61. The van der Waals surface area contributed by atoms with Gasteiger partial charge in [-0.15, -0.1) is 0 Å². The fraction of sp³-hybridized carbons (Fsp3) is 0.294. The molecule has 23 heavy (non-hydrogen) atoms. The summed E-state index contributed by atoms with van der Waals surface area (Å²) in [4.78, 5) is 18.7. The van der Waals surface area contributed by atoms with Gasteiger partial charge in [0, 0.05) is 37.1 Å². The standard InChI is InChI=1S/C17H20N4O2/c18-15-3-1-14(2-4-15)17(22)20-12-13-5-6-19-16(11-13)21-7-9-23-10-8-21/h1-6,11H,7-10,12,18H2,(H,20,22). The molecule has 0 radical (unpaired) electrons. The number of rotatable bonds is 4. The number of nitrogens with zero attached hydrogens (tertiary/aromatic N) is 2. The van der Waals surface area contributed by atoms with Crippen LogP contribution in [0.15, 0.2) is 42.6 Å². The number of carbonyl (C=O) groups is 1. The zero-order valence-electron chi connectivity index (χ0n) is 12.9. The van der Waals surface area contributed by atoms with Crippen LogP contribution in [0.25, 0.3) is 0 Å². The molecule has 1 fully saturated rings. The van der Waals surface area contributed by atoms with E-state index in [4.69, 9.17) is 10.5 Å². The van der Waals surface area contributed by atoms with Gasteiger partial charge in [-0.2, -0.15) is 0 Å². The molecule has 2 aromatic rings. The highest BCUT2D eigenvalue weighted by Gasteiger charge is 2.13. The van der Waals surface area contributed by atoms with Crippen LogP contribution in [-0.4, -0.2) is 37.2 Å². The second-order valence-corrected chi connectivity index (χ2v) is 5.43. The van der Waals surface area contributed by atoms with Crippen molar-refractivity contribution in [2.75, 3.05) is 36.9 Å². The van der Waals surface area contributed by atoms with E-state index in [1.165, 1.54) is 0 Å². The molecule has 1 aromatic carbocycles. The molecule has 0 atom stereocenters. The quantitative estimate of drug-likeness (QED) is 0.835. The number of hydrogen-bond acceptors (Lipinski definition) is 5. The van der Waals surface area contributed by atoms with Gasteiger partial charge < -0.3 is 20.7 Å². The van der Waals surface area contributed by atoms with Crippen LogP contribution >= 0.6 is 0 Å². The molecule has 1 saturated heterocycles. The van der Waals surface area contributed by atoms with Crippen LogP contribution in [0.3, 0.4) is 0 Å². The third-order valence-electron chi connectivity index (χ3n) is 3.77. The normalized spacial score (nSPS) is 14.5. The Bertz CT molecular complexity index is 667. The molecular formula is C17H20N4O2. The molecule has 0 aliphatic carbocycles. The highest BCUT2D eigenvalue weighted by molar-refractivity contribution is 5.94. The Morgan fingerprint density at radius 1 is 1.22 bits per heavy atom. The minimum Gasteiger partial charge on any atom is -0.399 e. The van der Waals surface area contributed by atoms with Crippen LogP contribution in [0.4, 0.5) is 11.5 Å². The second-order valence-electron chi connectivity index (χ2n) is 5.43. The van der Waals surface area contributed by atoms with E-state index in [1.807, 2.05) is 12.1 Å². The van der Waals surface area contributed by atoms with E-state index in [-0.39, 0.29) is 5.91 Å². The number of benzene rings is 1. The van der Waals surface area contributed by atoms with Crippen molar-refractivity contribution < 1.29 is 9.53 Å². The fourth-order valence-corrected chi connectivity index (χ4v) is 2.45. The predicted octanol–water partition coefficient (Wildman–Crippen LogP) is 1.43. The van der Waals surface area contributed by atoms with Crippen LogP contribution < -0.4 is 16.0 Å². The molecule has 1 aromatic heterocycles. The number of aromatic nitrogens is 1. The summed E-state index contributed by atoms with van der Waals surface area (Å²) < 4.78 is 5.35. The van der Waals surface area contributed by atoms with Crippen LogP contribution in [0, 0.1) is 0 Å². The highest BCUT2D eigenvalue weighted by atomic mass is 16.5. The number of amides is 1. The average molecular weight is 312 g/mol. The Kier molecular flexibility index (Phi) is 4.73. The van der Waals surface area contributed by atoms with Crippen molar-refractivity contribution in [2.24, 2.45) is 0 Å². The second kappa shape index (κ2) is 7.11. The van der Waals surface area contributed by atoms with Gasteiger partial charge in [0.25, 0.3) is 5.91 Å². The van der Waals surface area contributed by atoms with Gasteiger partial charge in [-0.05, 0) is 42.0 Å². The van der Waals surface area contributed by atoms with E-state index in [9.17, 15) is 4.79 Å². The van der Waals surface area contributed by atoms with E-state index in [1.54, 1.807) is 30.5 Å². The first-order valence-electron chi connectivity index (χ1n) is 7.64. The van der Waals surface area contributed by atoms with Gasteiger partial charge >= 0.3 is 0 Å². The summed E-state index contributed by atoms with van der Waals surface area (Å²) in [5.41, 5.74) is 7.89. The lowest BCUT2D eigenvalue weighted by molar-refractivity contribution is 0.0951. The number of nitrogen functional groups attached to an aromatic ring is 1. The molecule has 1 amide bonds. The maximum atomic E-state index is 12.1. The molecule has 0 bridgehead atoms. The van der Waals surface area contributed by atoms with Crippen LogP contribution in [0.2, 0.25) is 0 Å². The predicted molar refractivity (Wildman–Crippen MR) is 89.3 cm³/mol. The Labute approximate surface area is 135 Å². The lowest BCUT2D eigenvalue weighted by atomic mass is 10.2. The van der Waals surface area contributed by atoms with Gasteiger partial charge in [0.05, 0.1) is 13.2 Å². The van der Waals surface area contributed by atoms with Crippen molar-refractivity contribution in [2.45, 2.75) is 6.54 Å². The summed E-state index contributed by atoms with van der Waals surface area (Å²) in [6, 6.07) is 10.8. The maximum Gasteiger partial charge on any atom is 0.251 e. The molecule has 1 aliphatic heterocycles. The molecule has 3 N–H and O–H groups in total. The third kappa shape index (κ3) is 3.98. The zero-order chi connectivity index (χ0) is 16.1. The number of carbonyl (C=O) groups excluding carboxylic acids is 1. The number of nitrogens with two attached hydrogens (primary N) is 1. The fourth-order valence-electron chi connectivity index (χ4n) is 2.45. The number of anilines is 2. The molecule has 6 heteroatoms. The van der Waals surface area contributed by atoms with Gasteiger partial charge in [-0.3, -0.25) is 4.79 Å². The van der Waals surface area contributed by atoms with Gasteiger partial charge in [0.2, 0.25) is 0 Å². The Morgan fingerprint density at radius 3 is 2.70 bits per heavy atom. The smallest absolute Gasteiger partial charge is 0.251 e. The number of ether oxygens (including phenoxy) is 1. The van der Waals surface area contributed by atoms with E-state index in [0.29, 0.717) is 17.8 Å². The molecule has 6 nitrogen and oxygen atoms in total. The first-order chi connectivity index (χ1) is 11.2. The lowest BCUT2D eigenvalue weighted by Crippen LogP contribution is -2.36. The number of hydrogen-bond donors (Lipinski definition) is 2. The third-order valence-corrected chi connectivity index (χ3v) is 3.77. The number of nitrogens with one attached hydrogen (secondary N) is 1. The summed E-state index contributed by atoms with van der Waals surface area (Å²) in [5.74, 6) is 0.808. The lowest BCUT2D eigenvalue weighted by Gasteiger charge is -2.28. The van der Waals surface area contributed by atoms with Gasteiger partial charge in [-0.1, -0.05) is 0 Å². The Balaban J connectivity index is 1.61. The van der Waals surface area contributed by atoms with Crippen LogP contribution in [-0.2, 0) is 11.3 Å².